The minimum atomic E-state index is -0.543. The van der Waals surface area contributed by atoms with E-state index >= 15 is 0 Å². The van der Waals surface area contributed by atoms with Crippen LogP contribution in [-0.2, 0) is 11.8 Å². The van der Waals surface area contributed by atoms with E-state index in [4.69, 9.17) is 5.73 Å². The second-order valence-corrected chi connectivity index (χ2v) is 3.50. The number of hydrogen-bond donors (Lipinski definition) is 2. The summed E-state index contributed by atoms with van der Waals surface area (Å²) in [5.74, 6) is 0.0280. The Hall–Kier alpha value is -1.50. The highest BCUT2D eigenvalue weighted by Crippen LogP contribution is 2.06. The SMILES string of the molecule is CCC(C)C(N)C(=O)Nc1nnn(C)n1. The van der Waals surface area contributed by atoms with E-state index in [1.807, 2.05) is 13.8 Å². The highest BCUT2D eigenvalue weighted by atomic mass is 16.2. The van der Waals surface area contributed by atoms with Crippen molar-refractivity contribution in [2.24, 2.45) is 18.7 Å². The summed E-state index contributed by atoms with van der Waals surface area (Å²) < 4.78 is 0. The summed E-state index contributed by atoms with van der Waals surface area (Å²) in [6.07, 6.45) is 0.850. The van der Waals surface area contributed by atoms with Crippen molar-refractivity contribution in [3.05, 3.63) is 0 Å². The molecule has 1 rings (SSSR count). The van der Waals surface area contributed by atoms with E-state index in [1.165, 1.54) is 4.80 Å². The average Bonchev–Trinajstić information content (AvgIpc) is 2.61. The fourth-order valence-corrected chi connectivity index (χ4v) is 1.04. The lowest BCUT2D eigenvalue weighted by atomic mass is 10.00. The van der Waals surface area contributed by atoms with Gasteiger partial charge in [-0.1, -0.05) is 25.4 Å². The lowest BCUT2D eigenvalue weighted by Gasteiger charge is -2.16. The Kier molecular flexibility index (Phi) is 3.73. The van der Waals surface area contributed by atoms with Gasteiger partial charge in [0.2, 0.25) is 5.91 Å². The molecule has 0 saturated heterocycles. The minimum Gasteiger partial charge on any atom is -0.320 e. The van der Waals surface area contributed by atoms with Gasteiger partial charge in [-0.15, -0.1) is 5.10 Å². The normalized spacial score (nSPS) is 14.7. The fourth-order valence-electron chi connectivity index (χ4n) is 1.04. The molecule has 3 N–H and O–H groups in total. The quantitative estimate of drug-likeness (QED) is 0.702. The Morgan fingerprint density at radius 3 is 2.80 bits per heavy atom. The van der Waals surface area contributed by atoms with Crippen LogP contribution in [0.4, 0.5) is 5.95 Å². The Bertz CT molecular complexity index is 336. The average molecular weight is 212 g/mol. The van der Waals surface area contributed by atoms with Gasteiger partial charge in [0, 0.05) is 0 Å². The van der Waals surface area contributed by atoms with Crippen LogP contribution in [0.15, 0.2) is 0 Å². The van der Waals surface area contributed by atoms with Gasteiger partial charge in [0.05, 0.1) is 13.1 Å². The van der Waals surface area contributed by atoms with Gasteiger partial charge in [0.1, 0.15) is 0 Å². The molecule has 0 spiro atoms. The number of amides is 1. The second kappa shape index (κ2) is 4.83. The maximum atomic E-state index is 11.6. The van der Waals surface area contributed by atoms with Crippen molar-refractivity contribution in [1.29, 1.82) is 0 Å². The number of aromatic nitrogens is 4. The van der Waals surface area contributed by atoms with Crippen LogP contribution in [0.5, 0.6) is 0 Å². The van der Waals surface area contributed by atoms with E-state index < -0.39 is 6.04 Å². The van der Waals surface area contributed by atoms with Gasteiger partial charge in [-0.25, -0.2) is 0 Å². The van der Waals surface area contributed by atoms with Crippen LogP contribution in [0.1, 0.15) is 20.3 Å². The molecule has 0 aliphatic heterocycles. The van der Waals surface area contributed by atoms with Gasteiger partial charge in [0.25, 0.3) is 5.95 Å². The summed E-state index contributed by atoms with van der Waals surface area (Å²) in [5.41, 5.74) is 5.73. The standard InChI is InChI=1S/C8H16N6O/c1-4-5(2)6(9)7(15)10-8-11-13-14(3)12-8/h5-6H,4,9H2,1-3H3,(H,10,12,15). The molecule has 1 amide bonds. The van der Waals surface area contributed by atoms with Crippen LogP contribution in [0.3, 0.4) is 0 Å². The summed E-state index contributed by atoms with van der Waals surface area (Å²) in [6, 6.07) is -0.543. The molecule has 84 valence electrons. The summed E-state index contributed by atoms with van der Waals surface area (Å²) in [7, 11) is 1.62. The Balaban J connectivity index is 2.55. The van der Waals surface area contributed by atoms with Gasteiger partial charge in [-0.2, -0.15) is 4.80 Å². The van der Waals surface area contributed by atoms with E-state index in [0.29, 0.717) is 0 Å². The smallest absolute Gasteiger partial charge is 0.270 e. The maximum absolute atomic E-state index is 11.6. The summed E-state index contributed by atoms with van der Waals surface area (Å²) >= 11 is 0. The minimum absolute atomic E-state index is 0.127. The third-order valence-corrected chi connectivity index (χ3v) is 2.30. The molecule has 1 heterocycles. The van der Waals surface area contributed by atoms with Crippen molar-refractivity contribution in [3.63, 3.8) is 0 Å². The summed E-state index contributed by atoms with van der Waals surface area (Å²) in [5, 5.41) is 13.6. The van der Waals surface area contributed by atoms with Crippen LogP contribution in [0.2, 0.25) is 0 Å². The Morgan fingerprint density at radius 1 is 1.67 bits per heavy atom. The number of aryl methyl sites for hydroxylation is 1. The number of hydrogen-bond acceptors (Lipinski definition) is 5. The summed E-state index contributed by atoms with van der Waals surface area (Å²) in [4.78, 5) is 12.8. The zero-order chi connectivity index (χ0) is 11.4. The second-order valence-electron chi connectivity index (χ2n) is 3.50. The molecule has 15 heavy (non-hydrogen) atoms. The first-order valence-electron chi connectivity index (χ1n) is 4.85. The Labute approximate surface area is 88.0 Å². The zero-order valence-corrected chi connectivity index (χ0v) is 9.14. The molecule has 1 aromatic rings. The van der Waals surface area contributed by atoms with Gasteiger partial charge < -0.3 is 5.73 Å². The highest BCUT2D eigenvalue weighted by Gasteiger charge is 2.20. The summed E-state index contributed by atoms with van der Waals surface area (Å²) in [6.45, 7) is 3.91. The van der Waals surface area contributed by atoms with Gasteiger partial charge in [0.15, 0.2) is 0 Å². The van der Waals surface area contributed by atoms with Crippen molar-refractivity contribution in [2.45, 2.75) is 26.3 Å². The lowest BCUT2D eigenvalue weighted by Crippen LogP contribution is -2.40. The van der Waals surface area contributed by atoms with E-state index in [9.17, 15) is 4.79 Å². The van der Waals surface area contributed by atoms with E-state index in [2.05, 4.69) is 20.7 Å². The number of nitrogens with zero attached hydrogens (tertiary/aromatic N) is 4. The molecule has 0 saturated carbocycles. The number of nitrogens with two attached hydrogens (primary N) is 1. The topological polar surface area (TPSA) is 98.7 Å². The van der Waals surface area contributed by atoms with E-state index in [0.717, 1.165) is 6.42 Å². The highest BCUT2D eigenvalue weighted by molar-refractivity contribution is 5.93. The predicted molar refractivity (Wildman–Crippen MR) is 54.9 cm³/mol. The van der Waals surface area contributed by atoms with Crippen LogP contribution < -0.4 is 11.1 Å². The zero-order valence-electron chi connectivity index (χ0n) is 9.14. The molecule has 7 heteroatoms. The van der Waals surface area contributed by atoms with Crippen molar-refractivity contribution < 1.29 is 4.79 Å². The molecule has 7 nitrogen and oxygen atoms in total. The first kappa shape index (κ1) is 11.6. The first-order chi connectivity index (χ1) is 7.04. The molecule has 2 unspecified atom stereocenters. The Morgan fingerprint density at radius 2 is 2.33 bits per heavy atom. The number of carbonyl (C=O) groups is 1. The monoisotopic (exact) mass is 212 g/mol. The largest absolute Gasteiger partial charge is 0.320 e. The van der Waals surface area contributed by atoms with Gasteiger partial charge in [-0.05, 0) is 11.1 Å². The molecule has 0 aliphatic carbocycles. The molecule has 1 aromatic heterocycles. The van der Waals surface area contributed by atoms with Crippen molar-refractivity contribution in [2.75, 3.05) is 5.32 Å². The molecule has 0 aromatic carbocycles. The predicted octanol–water partition coefficient (Wildman–Crippen LogP) is -0.478. The maximum Gasteiger partial charge on any atom is 0.270 e. The molecular formula is C8H16N6O. The molecule has 0 aliphatic rings. The third kappa shape index (κ3) is 2.98. The van der Waals surface area contributed by atoms with Crippen LogP contribution in [0, 0.1) is 5.92 Å². The number of carbonyl (C=O) groups excluding carboxylic acids is 1. The number of anilines is 1. The molecule has 0 bridgehead atoms. The molecular weight excluding hydrogens is 196 g/mol. The van der Waals surface area contributed by atoms with Crippen LogP contribution >= 0.6 is 0 Å². The van der Waals surface area contributed by atoms with Crippen molar-refractivity contribution >= 4 is 11.9 Å². The fraction of sp³-hybridized carbons (Fsp3) is 0.750. The van der Waals surface area contributed by atoms with E-state index in [-0.39, 0.29) is 17.8 Å². The van der Waals surface area contributed by atoms with Crippen LogP contribution in [0.25, 0.3) is 0 Å². The number of rotatable bonds is 4. The van der Waals surface area contributed by atoms with Gasteiger partial charge in [-0.3, -0.25) is 10.1 Å². The number of tetrazole rings is 1. The molecule has 0 fully saturated rings. The van der Waals surface area contributed by atoms with Crippen LogP contribution in [-0.4, -0.2) is 32.2 Å². The van der Waals surface area contributed by atoms with Crippen molar-refractivity contribution in [1.82, 2.24) is 20.2 Å². The molecule has 2 atom stereocenters. The molecule has 0 radical (unpaired) electrons. The van der Waals surface area contributed by atoms with Crippen molar-refractivity contribution in [3.8, 4) is 0 Å². The third-order valence-electron chi connectivity index (χ3n) is 2.30. The first-order valence-corrected chi connectivity index (χ1v) is 4.85. The lowest BCUT2D eigenvalue weighted by molar-refractivity contribution is -0.118. The number of nitrogens with one attached hydrogen (secondary N) is 1. The van der Waals surface area contributed by atoms with E-state index in [1.54, 1.807) is 7.05 Å². The van der Waals surface area contributed by atoms with Gasteiger partial charge >= 0.3 is 0 Å².